The van der Waals surface area contributed by atoms with Gasteiger partial charge in [-0.3, -0.25) is 4.79 Å². The van der Waals surface area contributed by atoms with Crippen molar-refractivity contribution >= 4 is 11.8 Å². The van der Waals surface area contributed by atoms with Crippen LogP contribution in [0.25, 0.3) is 0 Å². The van der Waals surface area contributed by atoms with Crippen LogP contribution >= 0.6 is 0 Å². The minimum atomic E-state index is -1.29. The smallest absolute Gasteiger partial charge is 0.379 e. The van der Waals surface area contributed by atoms with Gasteiger partial charge in [-0.05, 0) is 31.5 Å². The molecule has 1 aromatic rings. The van der Waals surface area contributed by atoms with Gasteiger partial charge in [-0.2, -0.15) is 0 Å². The van der Waals surface area contributed by atoms with Crippen molar-refractivity contribution in [1.29, 1.82) is 0 Å². The molecular weight excluding hydrogens is 267 g/mol. The third-order valence-corrected chi connectivity index (χ3v) is 2.83. The van der Waals surface area contributed by atoms with Crippen LogP contribution in [-0.2, 0) is 9.53 Å². The molecule has 0 spiro atoms. The normalized spacial score (nSPS) is 14.6. The van der Waals surface area contributed by atoms with E-state index in [1.807, 2.05) is 0 Å². The Morgan fingerprint density at radius 2 is 2.05 bits per heavy atom. The first-order valence-electron chi connectivity index (χ1n) is 6.33. The van der Waals surface area contributed by atoms with Crippen LogP contribution in [0.5, 0.6) is 11.5 Å². The van der Waals surface area contributed by atoms with Gasteiger partial charge in [-0.25, -0.2) is 9.18 Å². The third kappa shape index (κ3) is 2.74. The van der Waals surface area contributed by atoms with E-state index in [4.69, 9.17) is 9.47 Å². The number of hydrogen-bond acceptors (Lipinski definition) is 5. The van der Waals surface area contributed by atoms with E-state index in [0.717, 1.165) is 0 Å². The number of rotatable bonds is 4. The first-order valence-corrected chi connectivity index (χ1v) is 6.33. The van der Waals surface area contributed by atoms with Crippen molar-refractivity contribution in [3.8, 4) is 11.5 Å². The number of halogens is 1. The van der Waals surface area contributed by atoms with Crippen molar-refractivity contribution in [2.45, 2.75) is 20.0 Å². The van der Waals surface area contributed by atoms with Crippen LogP contribution in [0.3, 0.4) is 0 Å². The second-order valence-electron chi connectivity index (χ2n) is 4.26. The average Bonchev–Trinajstić information content (AvgIpc) is 2.45. The van der Waals surface area contributed by atoms with Gasteiger partial charge in [0.15, 0.2) is 11.5 Å². The molecule has 1 aromatic carbocycles. The molecule has 1 heterocycles. The molecule has 0 fully saturated rings. The topological polar surface area (TPSA) is 61.8 Å². The SMILES string of the molecule is CCOC(=O)C(=O)c1cc(C(C)F)cc2c1OCCO2. The molecule has 0 saturated carbocycles. The Kier molecular flexibility index (Phi) is 4.22. The number of esters is 1. The number of ketones is 1. The fourth-order valence-electron chi connectivity index (χ4n) is 1.88. The average molecular weight is 282 g/mol. The number of carbonyl (C=O) groups is 2. The van der Waals surface area contributed by atoms with E-state index in [0.29, 0.717) is 6.61 Å². The molecule has 5 nitrogen and oxygen atoms in total. The first-order chi connectivity index (χ1) is 9.54. The Balaban J connectivity index is 2.47. The fourth-order valence-corrected chi connectivity index (χ4v) is 1.88. The molecule has 0 amide bonds. The van der Waals surface area contributed by atoms with E-state index in [9.17, 15) is 14.0 Å². The summed E-state index contributed by atoms with van der Waals surface area (Å²) in [5, 5.41) is 0. The zero-order valence-electron chi connectivity index (χ0n) is 11.3. The van der Waals surface area contributed by atoms with E-state index < -0.39 is 17.9 Å². The van der Waals surface area contributed by atoms with Crippen molar-refractivity contribution in [3.05, 3.63) is 23.3 Å². The Bertz CT molecular complexity index is 539. The van der Waals surface area contributed by atoms with Gasteiger partial charge < -0.3 is 14.2 Å². The molecule has 1 aliphatic rings. The highest BCUT2D eigenvalue weighted by molar-refractivity contribution is 6.41. The zero-order valence-corrected chi connectivity index (χ0v) is 11.3. The minimum absolute atomic E-state index is 0.0276. The Hall–Kier alpha value is -2.11. The number of carbonyl (C=O) groups excluding carboxylic acids is 2. The Labute approximate surface area is 115 Å². The van der Waals surface area contributed by atoms with Gasteiger partial charge in [-0.15, -0.1) is 0 Å². The molecule has 1 aliphatic heterocycles. The van der Waals surface area contributed by atoms with Crippen LogP contribution in [-0.4, -0.2) is 31.6 Å². The summed E-state index contributed by atoms with van der Waals surface area (Å²) in [6.07, 6.45) is -1.29. The summed E-state index contributed by atoms with van der Waals surface area (Å²) >= 11 is 0. The number of hydrogen-bond donors (Lipinski definition) is 0. The van der Waals surface area contributed by atoms with Crippen molar-refractivity contribution < 1.29 is 28.2 Å². The van der Waals surface area contributed by atoms with E-state index in [-0.39, 0.29) is 35.8 Å². The second-order valence-corrected chi connectivity index (χ2v) is 4.26. The lowest BCUT2D eigenvalue weighted by Crippen LogP contribution is -2.22. The van der Waals surface area contributed by atoms with Crippen molar-refractivity contribution in [1.82, 2.24) is 0 Å². The maximum atomic E-state index is 13.5. The Morgan fingerprint density at radius 3 is 2.70 bits per heavy atom. The van der Waals surface area contributed by atoms with Gasteiger partial charge in [0.2, 0.25) is 0 Å². The molecule has 0 N–H and O–H groups in total. The fraction of sp³-hybridized carbons (Fsp3) is 0.429. The molecule has 0 saturated heterocycles. The molecule has 2 rings (SSSR count). The van der Waals surface area contributed by atoms with Crippen molar-refractivity contribution in [2.75, 3.05) is 19.8 Å². The summed E-state index contributed by atoms with van der Waals surface area (Å²) in [4.78, 5) is 23.6. The molecule has 1 atom stereocenters. The second kappa shape index (κ2) is 5.90. The Morgan fingerprint density at radius 1 is 1.35 bits per heavy atom. The van der Waals surface area contributed by atoms with Crippen LogP contribution in [0, 0.1) is 0 Å². The number of fused-ring (bicyclic) bond motifs is 1. The summed E-state index contributed by atoms with van der Waals surface area (Å²) < 4.78 is 28.9. The zero-order chi connectivity index (χ0) is 14.7. The highest BCUT2D eigenvalue weighted by atomic mass is 19.1. The summed E-state index contributed by atoms with van der Waals surface area (Å²) in [5.41, 5.74) is 0.224. The highest BCUT2D eigenvalue weighted by Crippen LogP contribution is 2.37. The summed E-state index contributed by atoms with van der Waals surface area (Å²) in [5.74, 6) is -1.42. The van der Waals surface area contributed by atoms with Gasteiger partial charge in [-0.1, -0.05) is 0 Å². The minimum Gasteiger partial charge on any atom is -0.486 e. The number of ether oxygens (including phenoxy) is 3. The monoisotopic (exact) mass is 282 g/mol. The number of alkyl halides is 1. The molecule has 0 aromatic heterocycles. The molecular formula is C14H15FO5. The van der Waals surface area contributed by atoms with Crippen LogP contribution < -0.4 is 9.47 Å². The number of Topliss-reactive ketones (excluding diaryl/α,β-unsaturated/α-hetero) is 1. The van der Waals surface area contributed by atoms with Crippen molar-refractivity contribution in [2.24, 2.45) is 0 Å². The molecule has 1 unspecified atom stereocenters. The standard InChI is InChI=1S/C14H15FO5/c1-3-18-14(17)12(16)10-6-9(8(2)15)7-11-13(10)20-5-4-19-11/h6-8H,3-5H2,1-2H3. The highest BCUT2D eigenvalue weighted by Gasteiger charge is 2.28. The molecule has 108 valence electrons. The largest absolute Gasteiger partial charge is 0.486 e. The van der Waals surface area contributed by atoms with Gasteiger partial charge in [0.25, 0.3) is 5.78 Å². The third-order valence-electron chi connectivity index (χ3n) is 2.83. The van der Waals surface area contributed by atoms with E-state index in [1.54, 1.807) is 6.92 Å². The molecule has 0 aliphatic carbocycles. The van der Waals surface area contributed by atoms with Crippen LogP contribution in [0.1, 0.15) is 35.9 Å². The maximum absolute atomic E-state index is 13.5. The summed E-state index contributed by atoms with van der Waals surface area (Å²) in [6, 6.07) is 2.78. The predicted octanol–water partition coefficient (Wildman–Crippen LogP) is 2.23. The van der Waals surface area contributed by atoms with E-state index >= 15 is 0 Å². The van der Waals surface area contributed by atoms with E-state index in [1.165, 1.54) is 19.1 Å². The lowest BCUT2D eigenvalue weighted by molar-refractivity contribution is -0.137. The lowest BCUT2D eigenvalue weighted by atomic mass is 10.0. The van der Waals surface area contributed by atoms with Gasteiger partial charge in [0.05, 0.1) is 12.2 Å². The lowest BCUT2D eigenvalue weighted by Gasteiger charge is -2.21. The molecule has 20 heavy (non-hydrogen) atoms. The molecule has 0 radical (unpaired) electrons. The van der Waals surface area contributed by atoms with Crippen LogP contribution in [0.15, 0.2) is 12.1 Å². The van der Waals surface area contributed by atoms with Gasteiger partial charge >= 0.3 is 5.97 Å². The van der Waals surface area contributed by atoms with Crippen LogP contribution in [0.2, 0.25) is 0 Å². The van der Waals surface area contributed by atoms with Crippen molar-refractivity contribution in [3.63, 3.8) is 0 Å². The predicted molar refractivity (Wildman–Crippen MR) is 67.9 cm³/mol. The number of benzene rings is 1. The summed E-state index contributed by atoms with van der Waals surface area (Å²) in [7, 11) is 0. The molecule has 6 heteroatoms. The molecule has 0 bridgehead atoms. The van der Waals surface area contributed by atoms with Crippen LogP contribution in [0.4, 0.5) is 4.39 Å². The summed E-state index contributed by atoms with van der Waals surface area (Å²) in [6.45, 7) is 3.60. The maximum Gasteiger partial charge on any atom is 0.379 e. The first kappa shape index (κ1) is 14.3. The van der Waals surface area contributed by atoms with Gasteiger partial charge in [0.1, 0.15) is 19.4 Å². The van der Waals surface area contributed by atoms with E-state index in [2.05, 4.69) is 4.74 Å². The quantitative estimate of drug-likeness (QED) is 0.481. The van der Waals surface area contributed by atoms with Gasteiger partial charge in [0, 0.05) is 0 Å².